The maximum atomic E-state index is 12.6. The fraction of sp³-hybridized carbons (Fsp3) is 0.882. The van der Waals surface area contributed by atoms with Crippen LogP contribution < -0.4 is 11.1 Å². The number of likely N-dealkylation sites (tertiary alicyclic amines) is 1. The molecular formula is C17H32ClN3O2. The number of hydrogen-bond donors (Lipinski definition) is 2. The van der Waals surface area contributed by atoms with Gasteiger partial charge in [0.1, 0.15) is 0 Å². The van der Waals surface area contributed by atoms with Gasteiger partial charge in [-0.15, -0.1) is 12.4 Å². The predicted octanol–water partition coefficient (Wildman–Crippen LogP) is 2.08. The molecule has 0 bridgehead atoms. The lowest BCUT2D eigenvalue weighted by Crippen LogP contribution is -2.49. The maximum absolute atomic E-state index is 12.6. The minimum Gasteiger partial charge on any atom is -0.354 e. The first-order valence-electron chi connectivity index (χ1n) is 8.86. The lowest BCUT2D eigenvalue weighted by Gasteiger charge is -2.36. The van der Waals surface area contributed by atoms with Gasteiger partial charge in [0, 0.05) is 38.5 Å². The van der Waals surface area contributed by atoms with Crippen molar-refractivity contribution in [2.45, 2.75) is 64.3 Å². The van der Waals surface area contributed by atoms with Crippen LogP contribution in [0.1, 0.15) is 58.3 Å². The molecule has 1 saturated carbocycles. The van der Waals surface area contributed by atoms with Crippen molar-refractivity contribution in [2.24, 2.45) is 17.6 Å². The molecule has 1 heterocycles. The third-order valence-electron chi connectivity index (χ3n) is 5.12. The van der Waals surface area contributed by atoms with Gasteiger partial charge in [0.2, 0.25) is 11.8 Å². The average molecular weight is 346 g/mol. The lowest BCUT2D eigenvalue weighted by molar-refractivity contribution is -0.136. The summed E-state index contributed by atoms with van der Waals surface area (Å²) in [7, 11) is 0. The number of carbonyl (C=O) groups excluding carboxylic acids is 2. The molecule has 0 spiro atoms. The first-order valence-corrected chi connectivity index (χ1v) is 8.86. The summed E-state index contributed by atoms with van der Waals surface area (Å²) in [6.07, 6.45) is 7.92. The summed E-state index contributed by atoms with van der Waals surface area (Å²) < 4.78 is 0. The molecule has 2 fully saturated rings. The van der Waals surface area contributed by atoms with Crippen molar-refractivity contribution in [1.29, 1.82) is 0 Å². The van der Waals surface area contributed by atoms with Crippen molar-refractivity contribution < 1.29 is 9.59 Å². The van der Waals surface area contributed by atoms with Crippen molar-refractivity contribution in [1.82, 2.24) is 10.2 Å². The van der Waals surface area contributed by atoms with Crippen LogP contribution >= 0.6 is 12.4 Å². The Kier molecular flexibility index (Phi) is 8.92. The zero-order valence-corrected chi connectivity index (χ0v) is 15.1. The smallest absolute Gasteiger partial charge is 0.223 e. The van der Waals surface area contributed by atoms with E-state index in [1.54, 1.807) is 0 Å². The number of amides is 2. The van der Waals surface area contributed by atoms with Crippen LogP contribution in [0.4, 0.5) is 0 Å². The summed E-state index contributed by atoms with van der Waals surface area (Å²) in [5.41, 5.74) is 5.39. The number of hydrogen-bond acceptors (Lipinski definition) is 3. The molecule has 1 aliphatic carbocycles. The van der Waals surface area contributed by atoms with Crippen molar-refractivity contribution in [3.63, 3.8) is 0 Å². The van der Waals surface area contributed by atoms with E-state index in [0.717, 1.165) is 31.7 Å². The number of carbonyl (C=O) groups is 2. The zero-order chi connectivity index (χ0) is 15.9. The number of nitrogens with zero attached hydrogens (tertiary/aromatic N) is 1. The normalized spacial score (nSPS) is 27.4. The predicted molar refractivity (Wildman–Crippen MR) is 94.4 cm³/mol. The lowest BCUT2D eigenvalue weighted by atomic mass is 9.97. The zero-order valence-electron chi connectivity index (χ0n) is 14.3. The summed E-state index contributed by atoms with van der Waals surface area (Å²) in [5, 5.41) is 2.93. The molecule has 1 aliphatic heterocycles. The quantitative estimate of drug-likeness (QED) is 0.773. The number of nitrogens with one attached hydrogen (secondary N) is 1. The van der Waals surface area contributed by atoms with Gasteiger partial charge in [0.05, 0.1) is 0 Å². The van der Waals surface area contributed by atoms with Gasteiger partial charge in [-0.2, -0.15) is 0 Å². The summed E-state index contributed by atoms with van der Waals surface area (Å²) >= 11 is 0. The van der Waals surface area contributed by atoms with Crippen LogP contribution in [0.5, 0.6) is 0 Å². The van der Waals surface area contributed by atoms with Gasteiger partial charge in [-0.05, 0) is 43.9 Å². The number of nitrogens with two attached hydrogens (primary N) is 1. The number of halogens is 1. The molecule has 134 valence electrons. The van der Waals surface area contributed by atoms with E-state index >= 15 is 0 Å². The van der Waals surface area contributed by atoms with Crippen molar-refractivity contribution in [3.05, 3.63) is 0 Å². The van der Waals surface area contributed by atoms with E-state index in [0.29, 0.717) is 31.8 Å². The Morgan fingerprint density at radius 2 is 2.00 bits per heavy atom. The Labute approximate surface area is 146 Å². The topological polar surface area (TPSA) is 75.4 Å². The molecule has 23 heavy (non-hydrogen) atoms. The molecule has 0 aromatic rings. The highest BCUT2D eigenvalue weighted by molar-refractivity contribution is 5.85. The second-order valence-corrected chi connectivity index (χ2v) is 7.07. The molecule has 5 nitrogen and oxygen atoms in total. The van der Waals surface area contributed by atoms with Crippen LogP contribution in [0.3, 0.4) is 0 Å². The molecule has 0 radical (unpaired) electrons. The number of rotatable bonds is 6. The second kappa shape index (κ2) is 10.1. The van der Waals surface area contributed by atoms with E-state index in [1.165, 1.54) is 19.3 Å². The molecule has 2 rings (SSSR count). The van der Waals surface area contributed by atoms with Gasteiger partial charge in [-0.1, -0.05) is 13.3 Å². The highest BCUT2D eigenvalue weighted by atomic mass is 35.5. The van der Waals surface area contributed by atoms with Gasteiger partial charge < -0.3 is 16.0 Å². The standard InChI is InChI=1S/C17H31N3O2.ClH/c1-13-5-6-14(10-13)11-17(22)20-9-3-2-4-15(20)12-19-16(21)7-8-18;/h13-15H,2-12,18H2,1H3,(H,19,21);1H. The summed E-state index contributed by atoms with van der Waals surface area (Å²) in [4.78, 5) is 26.2. The van der Waals surface area contributed by atoms with Crippen LogP contribution in [0, 0.1) is 11.8 Å². The number of piperidine rings is 1. The Hall–Kier alpha value is -0.810. The van der Waals surface area contributed by atoms with Gasteiger partial charge in [0.15, 0.2) is 0 Å². The van der Waals surface area contributed by atoms with Gasteiger partial charge >= 0.3 is 0 Å². The summed E-state index contributed by atoms with van der Waals surface area (Å²) in [6.45, 7) is 4.07. The SMILES string of the molecule is CC1CCC(CC(=O)N2CCCCC2CNC(=O)CCN)C1.Cl. The van der Waals surface area contributed by atoms with E-state index in [2.05, 4.69) is 12.2 Å². The van der Waals surface area contributed by atoms with Crippen molar-refractivity contribution in [2.75, 3.05) is 19.6 Å². The Balaban J connectivity index is 0.00000264. The first kappa shape index (κ1) is 20.2. The average Bonchev–Trinajstić information content (AvgIpc) is 2.91. The molecular weight excluding hydrogens is 314 g/mol. The molecule has 3 unspecified atom stereocenters. The van der Waals surface area contributed by atoms with Crippen LogP contribution in [-0.2, 0) is 9.59 Å². The van der Waals surface area contributed by atoms with Crippen molar-refractivity contribution in [3.8, 4) is 0 Å². The van der Waals surface area contributed by atoms with Crippen LogP contribution in [-0.4, -0.2) is 42.4 Å². The van der Waals surface area contributed by atoms with E-state index < -0.39 is 0 Å². The molecule has 3 N–H and O–H groups in total. The minimum atomic E-state index is -0.00918. The van der Waals surface area contributed by atoms with Crippen LogP contribution in [0.25, 0.3) is 0 Å². The van der Waals surface area contributed by atoms with Gasteiger partial charge in [0.25, 0.3) is 0 Å². The van der Waals surface area contributed by atoms with E-state index in [9.17, 15) is 9.59 Å². The molecule has 0 aromatic heterocycles. The summed E-state index contributed by atoms with van der Waals surface area (Å²) in [6, 6.07) is 0.168. The third-order valence-corrected chi connectivity index (χ3v) is 5.12. The Morgan fingerprint density at radius 1 is 1.22 bits per heavy atom. The largest absolute Gasteiger partial charge is 0.354 e. The molecule has 1 saturated heterocycles. The first-order chi connectivity index (χ1) is 10.6. The van der Waals surface area contributed by atoms with Gasteiger partial charge in [-0.25, -0.2) is 0 Å². The third kappa shape index (κ3) is 6.30. The highest BCUT2D eigenvalue weighted by Crippen LogP contribution is 2.33. The van der Waals surface area contributed by atoms with Gasteiger partial charge in [-0.3, -0.25) is 9.59 Å². The second-order valence-electron chi connectivity index (χ2n) is 7.07. The minimum absolute atomic E-state index is 0. The van der Waals surface area contributed by atoms with Crippen LogP contribution in [0.15, 0.2) is 0 Å². The molecule has 0 aromatic carbocycles. The van der Waals surface area contributed by atoms with E-state index in [-0.39, 0.29) is 30.3 Å². The monoisotopic (exact) mass is 345 g/mol. The molecule has 2 amide bonds. The Bertz CT molecular complexity index is 392. The Morgan fingerprint density at radius 3 is 2.65 bits per heavy atom. The molecule has 6 heteroatoms. The molecule has 3 atom stereocenters. The highest BCUT2D eigenvalue weighted by Gasteiger charge is 2.30. The van der Waals surface area contributed by atoms with E-state index in [1.807, 2.05) is 4.90 Å². The summed E-state index contributed by atoms with van der Waals surface area (Å²) in [5.74, 6) is 1.62. The maximum Gasteiger partial charge on any atom is 0.223 e. The van der Waals surface area contributed by atoms with Crippen LogP contribution in [0.2, 0.25) is 0 Å². The molecule has 2 aliphatic rings. The fourth-order valence-corrected chi connectivity index (χ4v) is 3.87. The van der Waals surface area contributed by atoms with Crippen molar-refractivity contribution >= 4 is 24.2 Å². The fourth-order valence-electron chi connectivity index (χ4n) is 3.87. The van der Waals surface area contributed by atoms with E-state index in [4.69, 9.17) is 5.73 Å².